The van der Waals surface area contributed by atoms with E-state index in [1.54, 1.807) is 24.3 Å². The highest BCUT2D eigenvalue weighted by molar-refractivity contribution is 7.92. The van der Waals surface area contributed by atoms with Gasteiger partial charge in [0.1, 0.15) is 11.1 Å². The Morgan fingerprint density at radius 3 is 2.38 bits per heavy atom. The van der Waals surface area contributed by atoms with Crippen LogP contribution in [0.4, 0.5) is 4.39 Å². The normalized spacial score (nSPS) is 12.6. The lowest BCUT2D eigenvalue weighted by atomic mass is 10.1. The van der Waals surface area contributed by atoms with Gasteiger partial charge in [-0.3, -0.25) is 4.79 Å². The molecule has 0 aliphatic carbocycles. The van der Waals surface area contributed by atoms with E-state index in [2.05, 4.69) is 5.32 Å². The zero-order chi connectivity index (χ0) is 17.7. The molecule has 0 aliphatic heterocycles. The third-order valence-electron chi connectivity index (χ3n) is 3.91. The summed E-state index contributed by atoms with van der Waals surface area (Å²) < 4.78 is 37.7. The Balaban J connectivity index is 2.00. The molecule has 6 heteroatoms. The number of carbonyl (C=O) groups excluding carboxylic acids is 1. The Labute approximate surface area is 141 Å². The van der Waals surface area contributed by atoms with E-state index in [1.165, 1.54) is 19.1 Å². The zero-order valence-corrected chi connectivity index (χ0v) is 14.4. The second-order valence-electron chi connectivity index (χ2n) is 5.72. The fraction of sp³-hybridized carbons (Fsp3) is 0.278. The van der Waals surface area contributed by atoms with E-state index in [1.807, 2.05) is 19.1 Å². The molecule has 0 saturated heterocycles. The first kappa shape index (κ1) is 18.1. The first-order valence-electron chi connectivity index (χ1n) is 7.58. The van der Waals surface area contributed by atoms with E-state index in [9.17, 15) is 17.6 Å². The van der Waals surface area contributed by atoms with Gasteiger partial charge in [-0.05, 0) is 42.7 Å². The standard InChI is InChI=1S/C18H20FNO3S/c1-13-5-3-4-6-16(13)12-24(22,23)14(2)18(21)20-11-15-7-9-17(19)10-8-15/h3-10,14H,11-12H2,1-2H3,(H,20,21). The van der Waals surface area contributed by atoms with Gasteiger partial charge in [0.15, 0.2) is 9.84 Å². The van der Waals surface area contributed by atoms with E-state index in [0.29, 0.717) is 11.1 Å². The number of nitrogens with one attached hydrogen (secondary N) is 1. The summed E-state index contributed by atoms with van der Waals surface area (Å²) in [5.74, 6) is -1.10. The largest absolute Gasteiger partial charge is 0.351 e. The van der Waals surface area contributed by atoms with Crippen LogP contribution >= 0.6 is 0 Å². The van der Waals surface area contributed by atoms with Crippen molar-refractivity contribution in [3.8, 4) is 0 Å². The monoisotopic (exact) mass is 349 g/mol. The molecular formula is C18H20FNO3S. The summed E-state index contributed by atoms with van der Waals surface area (Å²) in [5, 5.41) is 1.43. The molecule has 0 aliphatic rings. The number of carbonyl (C=O) groups is 1. The van der Waals surface area contributed by atoms with Gasteiger partial charge in [-0.25, -0.2) is 12.8 Å². The van der Waals surface area contributed by atoms with Crippen molar-refractivity contribution in [2.24, 2.45) is 0 Å². The molecule has 1 atom stereocenters. The van der Waals surface area contributed by atoms with Crippen molar-refractivity contribution in [2.75, 3.05) is 0 Å². The highest BCUT2D eigenvalue weighted by Gasteiger charge is 2.28. The van der Waals surface area contributed by atoms with Crippen LogP contribution in [-0.2, 0) is 26.9 Å². The van der Waals surface area contributed by atoms with Gasteiger partial charge in [-0.1, -0.05) is 36.4 Å². The molecule has 2 rings (SSSR count). The minimum Gasteiger partial charge on any atom is -0.351 e. The Morgan fingerprint density at radius 1 is 1.12 bits per heavy atom. The highest BCUT2D eigenvalue weighted by atomic mass is 32.2. The van der Waals surface area contributed by atoms with E-state index >= 15 is 0 Å². The molecule has 24 heavy (non-hydrogen) atoms. The lowest BCUT2D eigenvalue weighted by molar-refractivity contribution is -0.120. The van der Waals surface area contributed by atoms with E-state index in [4.69, 9.17) is 0 Å². The second kappa shape index (κ2) is 7.57. The topological polar surface area (TPSA) is 63.2 Å². The smallest absolute Gasteiger partial charge is 0.238 e. The number of sulfone groups is 1. The molecule has 128 valence electrons. The van der Waals surface area contributed by atoms with Crippen molar-refractivity contribution in [2.45, 2.75) is 31.4 Å². The average Bonchev–Trinajstić information content (AvgIpc) is 2.55. The second-order valence-corrected chi connectivity index (χ2v) is 8.04. The molecule has 0 heterocycles. The van der Waals surface area contributed by atoms with Crippen molar-refractivity contribution in [1.29, 1.82) is 0 Å². The minimum absolute atomic E-state index is 0.156. The predicted molar refractivity (Wildman–Crippen MR) is 91.5 cm³/mol. The molecule has 2 aromatic carbocycles. The van der Waals surface area contributed by atoms with Crippen LogP contribution in [0.1, 0.15) is 23.6 Å². The fourth-order valence-electron chi connectivity index (χ4n) is 2.21. The molecular weight excluding hydrogens is 329 g/mol. The van der Waals surface area contributed by atoms with E-state index < -0.39 is 21.0 Å². The Kier molecular flexibility index (Phi) is 5.72. The number of halogens is 1. The van der Waals surface area contributed by atoms with Crippen LogP contribution in [0.5, 0.6) is 0 Å². The minimum atomic E-state index is -3.62. The number of hydrogen-bond acceptors (Lipinski definition) is 3. The van der Waals surface area contributed by atoms with Crippen LogP contribution in [0.3, 0.4) is 0 Å². The molecule has 1 amide bonds. The molecule has 1 N–H and O–H groups in total. The molecule has 4 nitrogen and oxygen atoms in total. The van der Waals surface area contributed by atoms with Gasteiger partial charge in [-0.15, -0.1) is 0 Å². The molecule has 0 spiro atoms. The van der Waals surface area contributed by atoms with Crippen LogP contribution in [-0.4, -0.2) is 19.6 Å². The lowest BCUT2D eigenvalue weighted by Crippen LogP contribution is -2.38. The van der Waals surface area contributed by atoms with E-state index in [0.717, 1.165) is 5.56 Å². The molecule has 0 bridgehead atoms. The fourth-order valence-corrected chi connectivity index (χ4v) is 3.63. The van der Waals surface area contributed by atoms with Gasteiger partial charge in [0, 0.05) is 6.54 Å². The third-order valence-corrected chi connectivity index (χ3v) is 5.91. The van der Waals surface area contributed by atoms with Crippen LogP contribution in [0.25, 0.3) is 0 Å². The van der Waals surface area contributed by atoms with E-state index in [-0.39, 0.29) is 18.1 Å². The van der Waals surface area contributed by atoms with Gasteiger partial charge < -0.3 is 5.32 Å². The average molecular weight is 349 g/mol. The first-order valence-corrected chi connectivity index (χ1v) is 9.29. The molecule has 2 aromatic rings. The maximum absolute atomic E-state index is 12.8. The highest BCUT2D eigenvalue weighted by Crippen LogP contribution is 2.15. The molecule has 0 saturated carbocycles. The van der Waals surface area contributed by atoms with Crippen LogP contribution in [0.2, 0.25) is 0 Å². The summed E-state index contributed by atoms with van der Waals surface area (Å²) in [6, 6.07) is 12.9. The summed E-state index contributed by atoms with van der Waals surface area (Å²) in [6.07, 6.45) is 0. The number of hydrogen-bond donors (Lipinski definition) is 1. The maximum atomic E-state index is 12.8. The first-order chi connectivity index (χ1) is 11.3. The van der Waals surface area contributed by atoms with Crippen molar-refractivity contribution in [1.82, 2.24) is 5.32 Å². The van der Waals surface area contributed by atoms with Gasteiger partial charge >= 0.3 is 0 Å². The quantitative estimate of drug-likeness (QED) is 0.872. The van der Waals surface area contributed by atoms with Crippen LogP contribution < -0.4 is 5.32 Å². The molecule has 1 unspecified atom stereocenters. The summed E-state index contributed by atoms with van der Waals surface area (Å²) in [6.45, 7) is 3.38. The summed E-state index contributed by atoms with van der Waals surface area (Å²) in [5.41, 5.74) is 2.27. The van der Waals surface area contributed by atoms with Crippen molar-refractivity contribution >= 4 is 15.7 Å². The van der Waals surface area contributed by atoms with Crippen molar-refractivity contribution in [3.05, 3.63) is 71.0 Å². The summed E-state index contributed by atoms with van der Waals surface area (Å²) >= 11 is 0. The number of rotatable bonds is 6. The maximum Gasteiger partial charge on any atom is 0.238 e. The van der Waals surface area contributed by atoms with Gasteiger partial charge in [0.05, 0.1) is 5.75 Å². The number of amides is 1. The number of benzene rings is 2. The molecule has 0 fully saturated rings. The summed E-state index contributed by atoms with van der Waals surface area (Å²) in [7, 11) is -3.62. The Bertz CT molecular complexity index is 816. The van der Waals surface area contributed by atoms with Gasteiger partial charge in [0.2, 0.25) is 5.91 Å². The van der Waals surface area contributed by atoms with Crippen molar-refractivity contribution in [3.63, 3.8) is 0 Å². The predicted octanol–water partition coefficient (Wildman–Crippen LogP) is 2.75. The Hall–Kier alpha value is -2.21. The lowest BCUT2D eigenvalue weighted by Gasteiger charge is -2.14. The van der Waals surface area contributed by atoms with Gasteiger partial charge in [-0.2, -0.15) is 0 Å². The van der Waals surface area contributed by atoms with Crippen molar-refractivity contribution < 1.29 is 17.6 Å². The van der Waals surface area contributed by atoms with Gasteiger partial charge in [0.25, 0.3) is 0 Å². The molecule has 0 aromatic heterocycles. The third kappa shape index (κ3) is 4.64. The Morgan fingerprint density at radius 2 is 1.75 bits per heavy atom. The zero-order valence-electron chi connectivity index (χ0n) is 13.6. The van der Waals surface area contributed by atoms with Crippen LogP contribution in [0, 0.1) is 12.7 Å². The SMILES string of the molecule is Cc1ccccc1CS(=O)(=O)C(C)C(=O)NCc1ccc(F)cc1. The van der Waals surface area contributed by atoms with Crippen LogP contribution in [0.15, 0.2) is 48.5 Å². The summed E-state index contributed by atoms with van der Waals surface area (Å²) in [4.78, 5) is 12.1. The molecule has 0 radical (unpaired) electrons. The number of aryl methyl sites for hydroxylation is 1.